The molecule has 7 heteroatoms. The predicted molar refractivity (Wildman–Crippen MR) is 65.2 cm³/mol. The van der Waals surface area contributed by atoms with E-state index in [1.165, 1.54) is 26.2 Å². The van der Waals surface area contributed by atoms with Crippen LogP contribution in [0, 0.1) is 17.0 Å². The molecule has 0 saturated carbocycles. The zero-order chi connectivity index (χ0) is 13.7. The summed E-state index contributed by atoms with van der Waals surface area (Å²) in [6.07, 6.45) is 0. The molecule has 0 atom stereocenters. The average molecular weight is 254 g/mol. The zero-order valence-corrected chi connectivity index (χ0v) is 10.1. The molecule has 0 fully saturated rings. The van der Waals surface area contributed by atoms with Crippen LogP contribution in [-0.4, -0.2) is 36.3 Å². The number of nitro groups is 1. The normalized spacial score (nSPS) is 10.1. The number of hydrogen-bond acceptors (Lipinski definition) is 5. The number of nitrogens with zero attached hydrogens (tertiary/aromatic N) is 1. The van der Waals surface area contributed by atoms with Gasteiger partial charge in [-0.2, -0.15) is 0 Å². The topological polar surface area (TPSA) is 102 Å². The van der Waals surface area contributed by atoms with Crippen LogP contribution in [0.15, 0.2) is 12.1 Å². The molecule has 0 heterocycles. The zero-order valence-electron chi connectivity index (χ0n) is 10.1. The third-order valence-electron chi connectivity index (χ3n) is 2.47. The highest BCUT2D eigenvalue weighted by Crippen LogP contribution is 2.30. The molecule has 98 valence electrons. The summed E-state index contributed by atoms with van der Waals surface area (Å²) in [5, 5.41) is 22.7. The van der Waals surface area contributed by atoms with Gasteiger partial charge in [0.05, 0.1) is 17.1 Å². The summed E-state index contributed by atoms with van der Waals surface area (Å²) >= 11 is 0. The van der Waals surface area contributed by atoms with Crippen LogP contribution in [-0.2, 0) is 4.74 Å². The van der Waals surface area contributed by atoms with Crippen LogP contribution in [0.25, 0.3) is 0 Å². The van der Waals surface area contributed by atoms with Gasteiger partial charge >= 0.3 is 5.97 Å². The van der Waals surface area contributed by atoms with E-state index in [4.69, 9.17) is 9.84 Å². The molecule has 0 saturated heterocycles. The third-order valence-corrected chi connectivity index (χ3v) is 2.47. The number of aromatic carboxylic acids is 1. The molecular weight excluding hydrogens is 240 g/mol. The number of benzene rings is 1. The largest absolute Gasteiger partial charge is 0.478 e. The molecule has 0 amide bonds. The molecule has 1 aromatic carbocycles. The number of carbonyl (C=O) groups is 1. The highest BCUT2D eigenvalue weighted by atomic mass is 16.6. The monoisotopic (exact) mass is 254 g/mol. The molecule has 0 aromatic heterocycles. The molecule has 2 N–H and O–H groups in total. The number of anilines is 1. The molecule has 0 bridgehead atoms. The summed E-state index contributed by atoms with van der Waals surface area (Å²) in [5.74, 6) is -1.18. The maximum absolute atomic E-state index is 11.0. The molecular formula is C11H14N2O5. The molecule has 0 unspecified atom stereocenters. The Hall–Kier alpha value is -2.15. The Morgan fingerprint density at radius 2 is 2.22 bits per heavy atom. The number of methoxy groups -OCH3 is 1. The SMILES string of the molecule is COCCNc1ccc(C(=O)O)c(C)c1[N+](=O)[O-]. The second-order valence-corrected chi connectivity index (χ2v) is 3.62. The molecule has 0 spiro atoms. The lowest BCUT2D eigenvalue weighted by Gasteiger charge is -2.09. The molecule has 7 nitrogen and oxygen atoms in total. The van der Waals surface area contributed by atoms with Crippen molar-refractivity contribution in [2.75, 3.05) is 25.6 Å². The minimum Gasteiger partial charge on any atom is -0.478 e. The van der Waals surface area contributed by atoms with Gasteiger partial charge in [0.1, 0.15) is 5.69 Å². The maximum Gasteiger partial charge on any atom is 0.336 e. The van der Waals surface area contributed by atoms with Crippen LogP contribution < -0.4 is 5.32 Å². The van der Waals surface area contributed by atoms with Crippen molar-refractivity contribution in [3.8, 4) is 0 Å². The lowest BCUT2D eigenvalue weighted by Crippen LogP contribution is -2.11. The van der Waals surface area contributed by atoms with Crippen molar-refractivity contribution >= 4 is 17.3 Å². The van der Waals surface area contributed by atoms with Gasteiger partial charge in [0.2, 0.25) is 0 Å². The molecule has 0 aliphatic rings. The fourth-order valence-electron chi connectivity index (χ4n) is 1.60. The lowest BCUT2D eigenvalue weighted by atomic mass is 10.1. The number of carboxylic acids is 1. The highest BCUT2D eigenvalue weighted by molar-refractivity contribution is 5.92. The maximum atomic E-state index is 11.0. The van der Waals surface area contributed by atoms with Crippen LogP contribution >= 0.6 is 0 Å². The molecule has 0 aliphatic heterocycles. The molecule has 0 aliphatic carbocycles. The predicted octanol–water partition coefficient (Wildman–Crippen LogP) is 1.66. The van der Waals surface area contributed by atoms with Gasteiger partial charge in [0.15, 0.2) is 0 Å². The lowest BCUT2D eigenvalue weighted by molar-refractivity contribution is -0.384. The fraction of sp³-hybridized carbons (Fsp3) is 0.364. The van der Waals surface area contributed by atoms with Gasteiger partial charge in [0, 0.05) is 19.2 Å². The quantitative estimate of drug-likeness (QED) is 0.454. The number of carboxylic acid groups (broad SMARTS) is 1. The first kappa shape index (κ1) is 13.9. The Bertz CT molecular complexity index is 473. The van der Waals surface area contributed by atoms with Crippen molar-refractivity contribution in [3.05, 3.63) is 33.4 Å². The Kier molecular flexibility index (Phi) is 4.61. The minimum atomic E-state index is -1.18. The van der Waals surface area contributed by atoms with Gasteiger partial charge in [-0.3, -0.25) is 10.1 Å². The van der Waals surface area contributed by atoms with Crippen LogP contribution in [0.3, 0.4) is 0 Å². The summed E-state index contributed by atoms with van der Waals surface area (Å²) in [6.45, 7) is 2.23. The highest BCUT2D eigenvalue weighted by Gasteiger charge is 2.22. The van der Waals surface area contributed by atoms with Crippen molar-refractivity contribution in [1.82, 2.24) is 0 Å². The Morgan fingerprint density at radius 1 is 1.56 bits per heavy atom. The summed E-state index contributed by atoms with van der Waals surface area (Å²) in [4.78, 5) is 21.3. The van der Waals surface area contributed by atoms with E-state index in [1.54, 1.807) is 0 Å². The summed E-state index contributed by atoms with van der Waals surface area (Å²) in [6, 6.07) is 2.74. The average Bonchev–Trinajstić information content (AvgIpc) is 2.28. The van der Waals surface area contributed by atoms with Gasteiger partial charge in [-0.05, 0) is 19.1 Å². The summed E-state index contributed by atoms with van der Waals surface area (Å²) in [5.41, 5.74) is 0.138. The third kappa shape index (κ3) is 2.95. The van der Waals surface area contributed by atoms with Crippen molar-refractivity contribution in [2.24, 2.45) is 0 Å². The van der Waals surface area contributed by atoms with E-state index in [-0.39, 0.29) is 16.8 Å². The number of rotatable bonds is 6. The van der Waals surface area contributed by atoms with E-state index in [0.29, 0.717) is 18.8 Å². The van der Waals surface area contributed by atoms with E-state index in [9.17, 15) is 14.9 Å². The summed E-state index contributed by atoms with van der Waals surface area (Å²) < 4.78 is 4.83. The number of nitro benzene ring substituents is 1. The van der Waals surface area contributed by atoms with Crippen LogP contribution in [0.5, 0.6) is 0 Å². The summed E-state index contributed by atoms with van der Waals surface area (Å²) in [7, 11) is 1.52. The van der Waals surface area contributed by atoms with E-state index in [2.05, 4.69) is 5.32 Å². The minimum absolute atomic E-state index is 0.0704. The van der Waals surface area contributed by atoms with E-state index >= 15 is 0 Å². The van der Waals surface area contributed by atoms with Gasteiger partial charge < -0.3 is 15.2 Å². The number of hydrogen-bond donors (Lipinski definition) is 2. The molecule has 0 radical (unpaired) electrons. The van der Waals surface area contributed by atoms with E-state index < -0.39 is 10.9 Å². The fourth-order valence-corrected chi connectivity index (χ4v) is 1.60. The first-order chi connectivity index (χ1) is 8.49. The Morgan fingerprint density at radius 3 is 2.72 bits per heavy atom. The van der Waals surface area contributed by atoms with Gasteiger partial charge in [-0.1, -0.05) is 0 Å². The van der Waals surface area contributed by atoms with Crippen LogP contribution in [0.2, 0.25) is 0 Å². The van der Waals surface area contributed by atoms with Crippen LogP contribution in [0.4, 0.5) is 11.4 Å². The first-order valence-electron chi connectivity index (χ1n) is 5.23. The second kappa shape index (κ2) is 5.97. The van der Waals surface area contributed by atoms with Gasteiger partial charge in [0.25, 0.3) is 5.69 Å². The van der Waals surface area contributed by atoms with Gasteiger partial charge in [-0.15, -0.1) is 0 Å². The van der Waals surface area contributed by atoms with Gasteiger partial charge in [-0.25, -0.2) is 4.79 Å². The van der Waals surface area contributed by atoms with Crippen molar-refractivity contribution in [1.29, 1.82) is 0 Å². The Balaban J connectivity index is 3.15. The molecule has 1 rings (SSSR count). The number of ether oxygens (including phenoxy) is 1. The first-order valence-corrected chi connectivity index (χ1v) is 5.23. The smallest absolute Gasteiger partial charge is 0.336 e. The molecule has 18 heavy (non-hydrogen) atoms. The van der Waals surface area contributed by atoms with Crippen molar-refractivity contribution < 1.29 is 19.6 Å². The van der Waals surface area contributed by atoms with Crippen molar-refractivity contribution in [2.45, 2.75) is 6.92 Å². The van der Waals surface area contributed by atoms with E-state index in [0.717, 1.165) is 0 Å². The number of nitrogens with one attached hydrogen (secondary N) is 1. The standard InChI is InChI=1S/C11H14N2O5/c1-7-8(11(14)15)3-4-9(10(7)13(16)17)12-5-6-18-2/h3-4,12H,5-6H2,1-2H3,(H,14,15). The Labute approximate surface area is 104 Å². The van der Waals surface area contributed by atoms with E-state index in [1.807, 2.05) is 0 Å². The van der Waals surface area contributed by atoms with Crippen LogP contribution in [0.1, 0.15) is 15.9 Å². The molecule has 1 aromatic rings. The van der Waals surface area contributed by atoms with Crippen molar-refractivity contribution in [3.63, 3.8) is 0 Å². The second-order valence-electron chi connectivity index (χ2n) is 3.62.